The summed E-state index contributed by atoms with van der Waals surface area (Å²) in [6, 6.07) is 0. The number of carbonyl (C=O) groups is 1. The van der Waals surface area contributed by atoms with Gasteiger partial charge in [-0.1, -0.05) is 23.8 Å². The first-order valence-electron chi connectivity index (χ1n) is 10.3. The Kier molecular flexibility index (Phi) is 9.65. The van der Waals surface area contributed by atoms with Crippen LogP contribution in [-0.2, 0) is 23.8 Å². The van der Waals surface area contributed by atoms with Crippen LogP contribution in [-0.4, -0.2) is 49.2 Å². The van der Waals surface area contributed by atoms with Gasteiger partial charge in [0.2, 0.25) is 0 Å². The molecule has 0 N–H and O–H groups in total. The van der Waals surface area contributed by atoms with E-state index in [0.717, 1.165) is 12.5 Å². The Bertz CT molecular complexity index is 899. The normalized spacial score (nSPS) is 17.8. The summed E-state index contributed by atoms with van der Waals surface area (Å²) in [5.74, 6) is -0.480. The number of piperidine rings is 1. The van der Waals surface area contributed by atoms with Gasteiger partial charge in [-0.15, -0.1) is 0 Å². The highest BCUT2D eigenvalue weighted by Crippen LogP contribution is 2.32. The molecule has 0 atom stereocenters. The van der Waals surface area contributed by atoms with Crippen molar-refractivity contribution in [1.29, 1.82) is 0 Å². The van der Waals surface area contributed by atoms with Crippen LogP contribution in [0.5, 0.6) is 0 Å². The molecule has 0 radical (unpaired) electrons. The van der Waals surface area contributed by atoms with Crippen molar-refractivity contribution in [3.8, 4) is 0 Å². The zero-order valence-electron chi connectivity index (χ0n) is 19.7. The van der Waals surface area contributed by atoms with Gasteiger partial charge in [-0.3, -0.25) is 0 Å². The van der Waals surface area contributed by atoms with Gasteiger partial charge in [0.25, 0.3) is 0 Å². The zero-order chi connectivity index (χ0) is 25.5. The molecule has 1 heterocycles. The summed E-state index contributed by atoms with van der Waals surface area (Å²) in [5, 5.41) is 0. The molecule has 188 valence electrons. The van der Waals surface area contributed by atoms with E-state index >= 15 is 0 Å². The largest absolute Gasteiger partial charge is 0.534 e. The fourth-order valence-electron chi connectivity index (χ4n) is 2.84. The van der Waals surface area contributed by atoms with Crippen LogP contribution in [0.3, 0.4) is 0 Å². The Morgan fingerprint density at radius 3 is 2.06 bits per heavy atom. The summed E-state index contributed by atoms with van der Waals surface area (Å²) >= 11 is 0. The number of rotatable bonds is 7. The molecule has 0 bridgehead atoms. The molecule has 1 fully saturated rings. The molecule has 0 aromatic carbocycles. The van der Waals surface area contributed by atoms with Crippen LogP contribution in [0.2, 0.25) is 0 Å². The number of amides is 1. The summed E-state index contributed by atoms with van der Waals surface area (Å²) in [4.78, 5) is 13.8. The molecule has 1 aliphatic rings. The predicted octanol–water partition coefficient (Wildman–Crippen LogP) is 5.58. The standard InChI is InChI=1S/C22H32F3NO6S/c1-17(2)10-8-7-9-15-30-21(16-18(3)32-33(28,29)22(23,24)25)11-13-26(14-12-21)19(27)31-20(4,5)6/h7-10,15-16H,11-14H2,1-6H3/b8-7-,15-9+,18-16+. The van der Waals surface area contributed by atoms with Gasteiger partial charge < -0.3 is 18.6 Å². The minimum Gasteiger partial charge on any atom is -0.491 e. The first-order valence-corrected chi connectivity index (χ1v) is 11.7. The van der Waals surface area contributed by atoms with Crippen molar-refractivity contribution in [1.82, 2.24) is 4.90 Å². The Hall–Kier alpha value is -2.43. The predicted molar refractivity (Wildman–Crippen MR) is 118 cm³/mol. The topological polar surface area (TPSA) is 82.1 Å². The van der Waals surface area contributed by atoms with Gasteiger partial charge in [0.15, 0.2) is 0 Å². The molecule has 0 spiro atoms. The molecule has 1 aliphatic heterocycles. The highest BCUT2D eigenvalue weighted by molar-refractivity contribution is 7.87. The quantitative estimate of drug-likeness (QED) is 0.199. The number of carbonyl (C=O) groups excluding carboxylic acids is 1. The summed E-state index contributed by atoms with van der Waals surface area (Å²) in [6.07, 6.45) is 9.37. The summed E-state index contributed by atoms with van der Waals surface area (Å²) in [7, 11) is -5.80. The lowest BCUT2D eigenvalue weighted by molar-refractivity contribution is -0.0526. The van der Waals surface area contributed by atoms with Crippen LogP contribution < -0.4 is 0 Å². The van der Waals surface area contributed by atoms with Gasteiger partial charge >= 0.3 is 21.7 Å². The molecule has 0 aromatic heterocycles. The van der Waals surface area contributed by atoms with Crippen LogP contribution in [0, 0.1) is 0 Å². The Morgan fingerprint density at radius 1 is 1.00 bits per heavy atom. The maximum absolute atomic E-state index is 12.7. The molecular weight excluding hydrogens is 463 g/mol. The number of alkyl halides is 3. The SMILES string of the molecule is CC(C)=C/C=C\C=C\OC1(/C=C(\C)OS(=O)(=O)C(F)(F)F)CCN(C(=O)OC(C)(C)C)CC1. The van der Waals surface area contributed by atoms with E-state index in [0.29, 0.717) is 0 Å². The molecule has 1 amide bonds. The van der Waals surface area contributed by atoms with Crippen molar-refractivity contribution in [2.45, 2.75) is 71.1 Å². The van der Waals surface area contributed by atoms with Crippen LogP contribution in [0.1, 0.15) is 54.4 Å². The van der Waals surface area contributed by atoms with E-state index < -0.39 is 38.7 Å². The van der Waals surface area contributed by atoms with E-state index in [-0.39, 0.29) is 25.9 Å². The third-order valence-corrected chi connectivity index (χ3v) is 5.33. The monoisotopic (exact) mass is 495 g/mol. The summed E-state index contributed by atoms with van der Waals surface area (Å²) < 4.78 is 76.1. The minimum atomic E-state index is -5.80. The lowest BCUT2D eigenvalue weighted by Crippen LogP contribution is -2.48. The molecule has 0 saturated carbocycles. The first-order chi connectivity index (χ1) is 15.0. The molecule has 0 aromatic rings. The van der Waals surface area contributed by atoms with Crippen LogP contribution in [0.4, 0.5) is 18.0 Å². The van der Waals surface area contributed by atoms with E-state index in [9.17, 15) is 26.4 Å². The lowest BCUT2D eigenvalue weighted by Gasteiger charge is -2.39. The number of ether oxygens (including phenoxy) is 2. The van der Waals surface area contributed by atoms with Gasteiger partial charge in [0.05, 0.1) is 6.26 Å². The van der Waals surface area contributed by atoms with Crippen LogP contribution in [0.15, 0.2) is 48.0 Å². The van der Waals surface area contributed by atoms with Gasteiger partial charge in [-0.25, -0.2) is 4.79 Å². The number of likely N-dealkylation sites (tertiary alicyclic amines) is 1. The van der Waals surface area contributed by atoms with E-state index in [1.165, 1.54) is 17.2 Å². The highest BCUT2D eigenvalue weighted by Gasteiger charge is 2.49. The average molecular weight is 496 g/mol. The van der Waals surface area contributed by atoms with Gasteiger partial charge in [-0.05, 0) is 53.7 Å². The van der Waals surface area contributed by atoms with E-state index in [1.54, 1.807) is 39.0 Å². The third kappa shape index (κ3) is 9.93. The van der Waals surface area contributed by atoms with E-state index in [1.807, 2.05) is 19.9 Å². The minimum absolute atomic E-state index is 0.182. The Labute approximate surface area is 193 Å². The number of halogens is 3. The maximum atomic E-state index is 12.7. The van der Waals surface area contributed by atoms with Crippen LogP contribution in [0.25, 0.3) is 0 Å². The fourth-order valence-corrected chi connectivity index (χ4v) is 3.33. The second kappa shape index (κ2) is 11.1. The fraction of sp³-hybridized carbons (Fsp3) is 0.591. The van der Waals surface area contributed by atoms with Gasteiger partial charge in [0.1, 0.15) is 17.0 Å². The molecular formula is C22H32F3NO6S. The Morgan fingerprint density at radius 2 is 1.58 bits per heavy atom. The summed E-state index contributed by atoms with van der Waals surface area (Å²) in [5.41, 5.74) is -6.32. The van der Waals surface area contributed by atoms with E-state index in [2.05, 4.69) is 4.18 Å². The lowest BCUT2D eigenvalue weighted by atomic mass is 9.90. The van der Waals surface area contributed by atoms with Crippen molar-refractivity contribution >= 4 is 16.2 Å². The zero-order valence-corrected chi connectivity index (χ0v) is 20.5. The third-order valence-electron chi connectivity index (χ3n) is 4.29. The van der Waals surface area contributed by atoms with Crippen molar-refractivity contribution in [2.24, 2.45) is 0 Å². The van der Waals surface area contributed by atoms with Gasteiger partial charge in [0, 0.05) is 25.9 Å². The number of hydrogen-bond acceptors (Lipinski definition) is 6. The average Bonchev–Trinajstić information content (AvgIpc) is 2.62. The molecule has 1 rings (SSSR count). The molecule has 7 nitrogen and oxygen atoms in total. The second-order valence-electron chi connectivity index (χ2n) is 8.85. The van der Waals surface area contributed by atoms with Crippen molar-refractivity contribution < 1.29 is 40.0 Å². The number of allylic oxidation sites excluding steroid dienone is 6. The van der Waals surface area contributed by atoms with Crippen molar-refractivity contribution in [2.75, 3.05) is 13.1 Å². The molecule has 11 heteroatoms. The highest BCUT2D eigenvalue weighted by atomic mass is 32.2. The first kappa shape index (κ1) is 28.6. The van der Waals surface area contributed by atoms with Crippen molar-refractivity contribution in [3.05, 3.63) is 48.0 Å². The summed E-state index contributed by atoms with van der Waals surface area (Å²) in [6.45, 7) is 10.5. The van der Waals surface area contributed by atoms with Gasteiger partial charge in [-0.2, -0.15) is 21.6 Å². The van der Waals surface area contributed by atoms with E-state index in [4.69, 9.17) is 9.47 Å². The maximum Gasteiger partial charge on any atom is 0.534 e. The number of nitrogens with zero attached hydrogens (tertiary/aromatic N) is 1. The Balaban J connectivity index is 3.06. The smallest absolute Gasteiger partial charge is 0.491 e. The van der Waals surface area contributed by atoms with Crippen molar-refractivity contribution in [3.63, 3.8) is 0 Å². The molecule has 0 unspecified atom stereocenters. The van der Waals surface area contributed by atoms with Crippen LogP contribution >= 0.6 is 0 Å². The number of hydrogen-bond donors (Lipinski definition) is 0. The molecule has 33 heavy (non-hydrogen) atoms. The second-order valence-corrected chi connectivity index (χ2v) is 10.4. The molecule has 1 saturated heterocycles. The molecule has 0 aliphatic carbocycles.